The lowest BCUT2D eigenvalue weighted by atomic mass is 10.0. The summed E-state index contributed by atoms with van der Waals surface area (Å²) < 4.78 is 5.35. The van der Waals surface area contributed by atoms with Crippen LogP contribution >= 0.6 is 0 Å². The van der Waals surface area contributed by atoms with Gasteiger partial charge in [0.2, 0.25) is 0 Å². The van der Waals surface area contributed by atoms with Gasteiger partial charge in [0.25, 0.3) is 0 Å². The molecule has 2 fully saturated rings. The van der Waals surface area contributed by atoms with Gasteiger partial charge >= 0.3 is 0 Å². The van der Waals surface area contributed by atoms with E-state index in [1.807, 2.05) is 0 Å². The Morgan fingerprint density at radius 2 is 1.93 bits per heavy atom. The molecule has 3 nitrogen and oxygen atoms in total. The molecule has 0 bridgehead atoms. The third kappa shape index (κ3) is 2.47. The largest absolute Gasteiger partial charge is 0.381 e. The first-order valence-corrected chi connectivity index (χ1v) is 5.94. The number of rotatable bonds is 3. The minimum atomic E-state index is 0.681. The molecule has 2 aliphatic rings. The normalized spacial score (nSPS) is 34.9. The zero-order valence-electron chi connectivity index (χ0n) is 8.87. The summed E-state index contributed by atoms with van der Waals surface area (Å²) in [6, 6.07) is 1.36. The Labute approximate surface area is 86.4 Å². The predicted octanol–water partition coefficient (Wildman–Crippen LogP) is 0.882. The molecule has 2 atom stereocenters. The van der Waals surface area contributed by atoms with Gasteiger partial charge in [-0.05, 0) is 38.1 Å². The first-order chi connectivity index (χ1) is 6.90. The fraction of sp³-hybridized carbons (Fsp3) is 1.00. The minimum absolute atomic E-state index is 0.681. The Bertz CT molecular complexity index is 169. The van der Waals surface area contributed by atoms with E-state index in [1.165, 1.54) is 32.1 Å². The fourth-order valence-corrected chi connectivity index (χ4v) is 2.71. The van der Waals surface area contributed by atoms with Gasteiger partial charge in [0.05, 0.1) is 0 Å². The second-order valence-corrected chi connectivity index (χ2v) is 4.59. The lowest BCUT2D eigenvalue weighted by molar-refractivity contribution is 0.0734. The van der Waals surface area contributed by atoms with E-state index in [0.717, 1.165) is 25.7 Å². The third-order valence-electron chi connectivity index (χ3n) is 3.63. The Kier molecular flexibility index (Phi) is 3.79. The van der Waals surface area contributed by atoms with Crippen LogP contribution in [0.25, 0.3) is 0 Å². The smallest absolute Gasteiger partial charge is 0.0480 e. The molecule has 0 amide bonds. The SMILES string of the molecule is NCC1CCCC1NC1CCOCC1. The maximum Gasteiger partial charge on any atom is 0.0480 e. The Morgan fingerprint density at radius 3 is 2.64 bits per heavy atom. The number of ether oxygens (including phenoxy) is 1. The third-order valence-corrected chi connectivity index (χ3v) is 3.63. The summed E-state index contributed by atoms with van der Waals surface area (Å²) in [4.78, 5) is 0. The van der Waals surface area contributed by atoms with Crippen molar-refractivity contribution in [3.63, 3.8) is 0 Å². The highest BCUT2D eigenvalue weighted by Gasteiger charge is 2.28. The van der Waals surface area contributed by atoms with Crippen molar-refractivity contribution in [2.75, 3.05) is 19.8 Å². The number of hydrogen-bond acceptors (Lipinski definition) is 3. The summed E-state index contributed by atoms with van der Waals surface area (Å²) in [6.07, 6.45) is 6.33. The van der Waals surface area contributed by atoms with E-state index in [1.54, 1.807) is 0 Å². The lowest BCUT2D eigenvalue weighted by Gasteiger charge is -2.29. The Hall–Kier alpha value is -0.120. The molecule has 14 heavy (non-hydrogen) atoms. The van der Waals surface area contributed by atoms with Gasteiger partial charge in [0, 0.05) is 25.3 Å². The first-order valence-electron chi connectivity index (χ1n) is 5.94. The van der Waals surface area contributed by atoms with Gasteiger partial charge in [0.1, 0.15) is 0 Å². The van der Waals surface area contributed by atoms with Crippen molar-refractivity contribution in [1.82, 2.24) is 5.32 Å². The highest BCUT2D eigenvalue weighted by molar-refractivity contribution is 4.86. The molecule has 1 aliphatic carbocycles. The standard InChI is InChI=1S/C11H22N2O/c12-8-9-2-1-3-11(9)13-10-4-6-14-7-5-10/h9-11,13H,1-8,12H2. The van der Waals surface area contributed by atoms with Crippen LogP contribution in [0.4, 0.5) is 0 Å². The van der Waals surface area contributed by atoms with E-state index in [4.69, 9.17) is 10.5 Å². The van der Waals surface area contributed by atoms with Gasteiger partial charge in [-0.3, -0.25) is 0 Å². The van der Waals surface area contributed by atoms with Crippen molar-refractivity contribution in [2.24, 2.45) is 11.7 Å². The minimum Gasteiger partial charge on any atom is -0.381 e. The summed E-state index contributed by atoms with van der Waals surface area (Å²) in [5.74, 6) is 0.720. The molecule has 0 aromatic rings. The molecule has 3 heteroatoms. The van der Waals surface area contributed by atoms with Crippen LogP contribution < -0.4 is 11.1 Å². The molecule has 0 aromatic carbocycles. The van der Waals surface area contributed by atoms with Crippen LogP contribution in [0, 0.1) is 5.92 Å². The maximum absolute atomic E-state index is 5.76. The van der Waals surface area contributed by atoms with Crippen LogP contribution in [0.3, 0.4) is 0 Å². The second kappa shape index (κ2) is 5.10. The second-order valence-electron chi connectivity index (χ2n) is 4.59. The van der Waals surface area contributed by atoms with Crippen LogP contribution in [-0.4, -0.2) is 31.8 Å². The summed E-state index contributed by atoms with van der Waals surface area (Å²) in [7, 11) is 0. The highest BCUT2D eigenvalue weighted by Crippen LogP contribution is 2.25. The van der Waals surface area contributed by atoms with E-state index < -0.39 is 0 Å². The van der Waals surface area contributed by atoms with Crippen molar-refractivity contribution in [2.45, 2.75) is 44.2 Å². The van der Waals surface area contributed by atoms with E-state index in [9.17, 15) is 0 Å². The molecule has 0 radical (unpaired) electrons. The van der Waals surface area contributed by atoms with Gasteiger partial charge in [-0.1, -0.05) is 6.42 Å². The zero-order chi connectivity index (χ0) is 9.80. The lowest BCUT2D eigenvalue weighted by Crippen LogP contribution is -2.44. The molecule has 1 heterocycles. The molecule has 2 unspecified atom stereocenters. The summed E-state index contributed by atoms with van der Waals surface area (Å²) in [5.41, 5.74) is 5.76. The van der Waals surface area contributed by atoms with Gasteiger partial charge in [0.15, 0.2) is 0 Å². The molecule has 0 spiro atoms. The number of hydrogen-bond donors (Lipinski definition) is 2. The molecular weight excluding hydrogens is 176 g/mol. The van der Waals surface area contributed by atoms with E-state index >= 15 is 0 Å². The Morgan fingerprint density at radius 1 is 1.14 bits per heavy atom. The quantitative estimate of drug-likeness (QED) is 0.708. The average molecular weight is 198 g/mol. The van der Waals surface area contributed by atoms with E-state index in [2.05, 4.69) is 5.32 Å². The molecule has 82 valence electrons. The van der Waals surface area contributed by atoms with E-state index in [0.29, 0.717) is 12.1 Å². The van der Waals surface area contributed by atoms with Crippen molar-refractivity contribution in [3.8, 4) is 0 Å². The van der Waals surface area contributed by atoms with Crippen LogP contribution in [0.1, 0.15) is 32.1 Å². The van der Waals surface area contributed by atoms with Crippen molar-refractivity contribution >= 4 is 0 Å². The first kappa shape index (κ1) is 10.4. The molecule has 1 saturated heterocycles. The highest BCUT2D eigenvalue weighted by atomic mass is 16.5. The van der Waals surface area contributed by atoms with Crippen molar-refractivity contribution in [3.05, 3.63) is 0 Å². The van der Waals surface area contributed by atoms with E-state index in [-0.39, 0.29) is 0 Å². The maximum atomic E-state index is 5.76. The summed E-state index contributed by atoms with van der Waals surface area (Å²) in [6.45, 7) is 2.70. The van der Waals surface area contributed by atoms with Gasteiger partial charge < -0.3 is 15.8 Å². The van der Waals surface area contributed by atoms with Gasteiger partial charge in [-0.15, -0.1) is 0 Å². The van der Waals surface area contributed by atoms with Gasteiger partial charge in [-0.25, -0.2) is 0 Å². The zero-order valence-corrected chi connectivity index (χ0v) is 8.87. The number of nitrogens with one attached hydrogen (secondary N) is 1. The van der Waals surface area contributed by atoms with Gasteiger partial charge in [-0.2, -0.15) is 0 Å². The predicted molar refractivity (Wildman–Crippen MR) is 57.2 cm³/mol. The topological polar surface area (TPSA) is 47.3 Å². The van der Waals surface area contributed by atoms with Crippen LogP contribution in [-0.2, 0) is 4.74 Å². The molecule has 0 aromatic heterocycles. The monoisotopic (exact) mass is 198 g/mol. The molecule has 3 N–H and O–H groups in total. The average Bonchev–Trinajstić information content (AvgIpc) is 2.67. The number of nitrogens with two attached hydrogens (primary N) is 1. The van der Waals surface area contributed by atoms with Crippen LogP contribution in [0.2, 0.25) is 0 Å². The summed E-state index contributed by atoms with van der Waals surface area (Å²) >= 11 is 0. The molecule has 1 aliphatic heterocycles. The molecule has 2 rings (SSSR count). The van der Waals surface area contributed by atoms with Crippen LogP contribution in [0.15, 0.2) is 0 Å². The summed E-state index contributed by atoms with van der Waals surface area (Å²) in [5, 5.41) is 3.76. The molecular formula is C11H22N2O. The Balaban J connectivity index is 1.77. The fourth-order valence-electron chi connectivity index (χ4n) is 2.71. The van der Waals surface area contributed by atoms with Crippen molar-refractivity contribution in [1.29, 1.82) is 0 Å². The van der Waals surface area contributed by atoms with Crippen LogP contribution in [0.5, 0.6) is 0 Å². The van der Waals surface area contributed by atoms with Crippen molar-refractivity contribution < 1.29 is 4.74 Å². The molecule has 1 saturated carbocycles.